The maximum absolute atomic E-state index is 11.8. The lowest BCUT2D eigenvalue weighted by Gasteiger charge is -2.14. The maximum Gasteiger partial charge on any atom is 0.166 e. The largest absolute Gasteiger partial charge is 0.496 e. The van der Waals surface area contributed by atoms with Crippen molar-refractivity contribution in [3.63, 3.8) is 0 Å². The molecule has 1 aromatic heterocycles. The van der Waals surface area contributed by atoms with Crippen LogP contribution in [-0.4, -0.2) is 22.9 Å². The van der Waals surface area contributed by atoms with Gasteiger partial charge in [-0.3, -0.25) is 4.79 Å². The lowest BCUT2D eigenvalue weighted by molar-refractivity contribution is 0.0971. The molecule has 0 N–H and O–H groups in total. The molecule has 3 rings (SSSR count). The number of Topliss-reactive ketones (excluding diaryl/α,β-unsaturated/α-hetero) is 1. The van der Waals surface area contributed by atoms with E-state index in [0.29, 0.717) is 17.8 Å². The molecule has 1 heterocycles. The second-order valence-electron chi connectivity index (χ2n) is 5.02. The normalized spacial score (nSPS) is 14.0. The van der Waals surface area contributed by atoms with Crippen LogP contribution in [0.5, 0.6) is 5.75 Å². The maximum atomic E-state index is 11.8. The van der Waals surface area contributed by atoms with Crippen molar-refractivity contribution in [1.82, 2.24) is 9.97 Å². The molecule has 0 saturated carbocycles. The minimum atomic E-state index is 0.156. The van der Waals surface area contributed by atoms with Crippen LogP contribution in [0.2, 0.25) is 0 Å². The molecule has 4 nitrogen and oxygen atoms in total. The molecule has 0 bridgehead atoms. The van der Waals surface area contributed by atoms with Gasteiger partial charge in [0.25, 0.3) is 0 Å². The van der Waals surface area contributed by atoms with Gasteiger partial charge in [0.2, 0.25) is 0 Å². The van der Waals surface area contributed by atoms with Crippen LogP contribution in [0.3, 0.4) is 0 Å². The van der Waals surface area contributed by atoms with E-state index in [1.54, 1.807) is 13.3 Å². The van der Waals surface area contributed by atoms with Gasteiger partial charge in [0.05, 0.1) is 18.4 Å². The molecule has 0 saturated heterocycles. The second kappa shape index (κ2) is 5.04. The molecule has 1 aliphatic carbocycles. The number of aryl methyl sites for hydroxylation is 2. The molecule has 0 spiro atoms. The third kappa shape index (κ3) is 2.18. The van der Waals surface area contributed by atoms with Crippen molar-refractivity contribution in [3.8, 4) is 17.1 Å². The van der Waals surface area contributed by atoms with E-state index in [0.717, 1.165) is 35.4 Å². The summed E-state index contributed by atoms with van der Waals surface area (Å²) in [4.78, 5) is 20.7. The monoisotopic (exact) mass is 268 g/mol. The van der Waals surface area contributed by atoms with Crippen molar-refractivity contribution in [2.75, 3.05) is 7.11 Å². The molecule has 0 unspecified atom stereocenters. The van der Waals surface area contributed by atoms with E-state index in [4.69, 9.17) is 4.74 Å². The van der Waals surface area contributed by atoms with E-state index < -0.39 is 0 Å². The summed E-state index contributed by atoms with van der Waals surface area (Å²) < 4.78 is 5.25. The zero-order valence-corrected chi connectivity index (χ0v) is 11.6. The van der Waals surface area contributed by atoms with E-state index >= 15 is 0 Å². The van der Waals surface area contributed by atoms with E-state index in [-0.39, 0.29) is 5.78 Å². The molecule has 1 aliphatic rings. The van der Waals surface area contributed by atoms with Crippen LogP contribution >= 0.6 is 0 Å². The fraction of sp³-hybridized carbons (Fsp3) is 0.312. The Morgan fingerprint density at radius 3 is 2.85 bits per heavy atom. The van der Waals surface area contributed by atoms with Gasteiger partial charge in [0, 0.05) is 18.2 Å². The molecule has 2 aromatic rings. The van der Waals surface area contributed by atoms with Crippen molar-refractivity contribution < 1.29 is 9.53 Å². The summed E-state index contributed by atoms with van der Waals surface area (Å²) in [6.07, 6.45) is 4.01. The molecule has 0 atom stereocenters. The predicted molar refractivity (Wildman–Crippen MR) is 76.0 cm³/mol. The van der Waals surface area contributed by atoms with Crippen LogP contribution in [0.25, 0.3) is 11.4 Å². The van der Waals surface area contributed by atoms with E-state index in [1.807, 2.05) is 25.1 Å². The number of fused-ring (bicyclic) bond motifs is 1. The third-order valence-corrected chi connectivity index (χ3v) is 3.64. The Bertz CT molecular complexity index is 680. The summed E-state index contributed by atoms with van der Waals surface area (Å²) in [6.45, 7) is 1.99. The van der Waals surface area contributed by atoms with Crippen molar-refractivity contribution >= 4 is 5.78 Å². The number of hydrogen-bond acceptors (Lipinski definition) is 4. The average molecular weight is 268 g/mol. The van der Waals surface area contributed by atoms with E-state index in [1.165, 1.54) is 0 Å². The van der Waals surface area contributed by atoms with Gasteiger partial charge in [0.15, 0.2) is 11.6 Å². The Kier molecular flexibility index (Phi) is 3.22. The van der Waals surface area contributed by atoms with Gasteiger partial charge in [-0.2, -0.15) is 0 Å². The zero-order valence-electron chi connectivity index (χ0n) is 11.6. The first-order valence-electron chi connectivity index (χ1n) is 6.73. The first-order chi connectivity index (χ1) is 9.69. The molecule has 4 heteroatoms. The zero-order chi connectivity index (χ0) is 14.1. The fourth-order valence-electron chi connectivity index (χ4n) is 2.55. The predicted octanol–water partition coefficient (Wildman–Crippen LogP) is 2.98. The van der Waals surface area contributed by atoms with Gasteiger partial charge in [-0.25, -0.2) is 9.97 Å². The second-order valence-corrected chi connectivity index (χ2v) is 5.02. The Hall–Kier alpha value is -2.23. The number of carbonyl (C=O) groups is 1. The number of hydrogen-bond donors (Lipinski definition) is 0. The van der Waals surface area contributed by atoms with Gasteiger partial charge in [-0.1, -0.05) is 0 Å². The number of nitrogens with zero attached hydrogens (tertiary/aromatic N) is 2. The van der Waals surface area contributed by atoms with Crippen LogP contribution in [0.4, 0.5) is 0 Å². The lowest BCUT2D eigenvalue weighted by atomic mass is 9.96. The summed E-state index contributed by atoms with van der Waals surface area (Å²) in [5, 5.41) is 0. The van der Waals surface area contributed by atoms with Gasteiger partial charge in [-0.05, 0) is 43.5 Å². The standard InChI is InChI=1S/C16H16N2O2/c1-10-8-11(6-7-15(10)20-2)16-17-9-12-13(18-16)4-3-5-14(12)19/h6-9H,3-5H2,1-2H3. The van der Waals surface area contributed by atoms with Crippen LogP contribution in [0.15, 0.2) is 24.4 Å². The number of benzene rings is 1. The van der Waals surface area contributed by atoms with Crippen molar-refractivity contribution in [1.29, 1.82) is 0 Å². The Balaban J connectivity index is 2.03. The molecule has 1 aromatic carbocycles. The highest BCUT2D eigenvalue weighted by Crippen LogP contribution is 2.26. The quantitative estimate of drug-likeness (QED) is 0.840. The van der Waals surface area contributed by atoms with Gasteiger partial charge in [0.1, 0.15) is 5.75 Å². The first kappa shape index (κ1) is 12.8. The van der Waals surface area contributed by atoms with Crippen LogP contribution < -0.4 is 4.74 Å². The van der Waals surface area contributed by atoms with Gasteiger partial charge < -0.3 is 4.74 Å². The lowest BCUT2D eigenvalue weighted by Crippen LogP contribution is -2.13. The third-order valence-electron chi connectivity index (χ3n) is 3.64. The molecule has 0 amide bonds. The highest BCUT2D eigenvalue weighted by atomic mass is 16.5. The van der Waals surface area contributed by atoms with Crippen LogP contribution in [0.1, 0.15) is 34.5 Å². The van der Waals surface area contributed by atoms with Crippen LogP contribution in [0, 0.1) is 6.92 Å². The number of rotatable bonds is 2. The summed E-state index contributed by atoms with van der Waals surface area (Å²) in [6, 6.07) is 5.86. The molecule has 0 radical (unpaired) electrons. The number of aromatic nitrogens is 2. The summed E-state index contributed by atoms with van der Waals surface area (Å²) in [5.41, 5.74) is 3.55. The molecular weight excluding hydrogens is 252 g/mol. The molecule has 20 heavy (non-hydrogen) atoms. The minimum absolute atomic E-state index is 0.156. The number of methoxy groups -OCH3 is 1. The SMILES string of the molecule is COc1ccc(-c2ncc3c(n2)CCCC3=O)cc1C. The van der Waals surface area contributed by atoms with Crippen molar-refractivity contribution in [3.05, 3.63) is 41.2 Å². The summed E-state index contributed by atoms with van der Waals surface area (Å²) in [7, 11) is 1.66. The summed E-state index contributed by atoms with van der Waals surface area (Å²) in [5.74, 6) is 1.68. The van der Waals surface area contributed by atoms with Crippen molar-refractivity contribution in [2.24, 2.45) is 0 Å². The molecule has 0 aliphatic heterocycles. The topological polar surface area (TPSA) is 52.1 Å². The summed E-state index contributed by atoms with van der Waals surface area (Å²) >= 11 is 0. The highest BCUT2D eigenvalue weighted by molar-refractivity contribution is 5.97. The fourth-order valence-corrected chi connectivity index (χ4v) is 2.55. The first-order valence-corrected chi connectivity index (χ1v) is 6.73. The molecular formula is C16H16N2O2. The Labute approximate surface area is 117 Å². The number of ketones is 1. The average Bonchev–Trinajstić information content (AvgIpc) is 2.47. The Morgan fingerprint density at radius 2 is 2.10 bits per heavy atom. The van der Waals surface area contributed by atoms with Crippen molar-refractivity contribution in [2.45, 2.75) is 26.2 Å². The highest BCUT2D eigenvalue weighted by Gasteiger charge is 2.19. The molecule has 0 fully saturated rings. The van der Waals surface area contributed by atoms with E-state index in [2.05, 4.69) is 9.97 Å². The molecule has 102 valence electrons. The van der Waals surface area contributed by atoms with Gasteiger partial charge >= 0.3 is 0 Å². The number of ether oxygens (including phenoxy) is 1. The van der Waals surface area contributed by atoms with E-state index in [9.17, 15) is 4.79 Å². The number of carbonyl (C=O) groups excluding carboxylic acids is 1. The Morgan fingerprint density at radius 1 is 1.25 bits per heavy atom. The van der Waals surface area contributed by atoms with Crippen LogP contribution in [-0.2, 0) is 6.42 Å². The van der Waals surface area contributed by atoms with Gasteiger partial charge in [-0.15, -0.1) is 0 Å². The minimum Gasteiger partial charge on any atom is -0.496 e. The smallest absolute Gasteiger partial charge is 0.166 e.